The molecule has 0 saturated carbocycles. The van der Waals surface area contributed by atoms with Crippen LogP contribution in [0, 0.1) is 5.92 Å². The Bertz CT molecular complexity index is 651. The van der Waals surface area contributed by atoms with E-state index in [9.17, 15) is 14.7 Å². The predicted molar refractivity (Wildman–Crippen MR) is 98.9 cm³/mol. The van der Waals surface area contributed by atoms with Gasteiger partial charge in [-0.3, -0.25) is 4.79 Å². The van der Waals surface area contributed by atoms with Gasteiger partial charge in [-0.1, -0.05) is 26.0 Å². The Labute approximate surface area is 154 Å². The van der Waals surface area contributed by atoms with Crippen molar-refractivity contribution in [3.8, 4) is 5.75 Å². The Kier molecular flexibility index (Phi) is 6.61. The average molecular weight is 363 g/mol. The number of rotatable bonds is 7. The van der Waals surface area contributed by atoms with Gasteiger partial charge in [0, 0.05) is 26.1 Å². The van der Waals surface area contributed by atoms with Crippen LogP contribution in [0.2, 0.25) is 0 Å². The van der Waals surface area contributed by atoms with Gasteiger partial charge in [-0.25, -0.2) is 4.79 Å². The second kappa shape index (κ2) is 8.51. The number of phenols is 1. The number of carboxylic acid groups (broad SMARTS) is 1. The maximum atomic E-state index is 11.9. The van der Waals surface area contributed by atoms with Gasteiger partial charge in [0.1, 0.15) is 11.8 Å². The number of aromatic hydroxyl groups is 1. The molecule has 3 atom stereocenters. The summed E-state index contributed by atoms with van der Waals surface area (Å²) in [5, 5.41) is 21.2. The molecule has 2 rings (SSSR count). The van der Waals surface area contributed by atoms with E-state index < -0.39 is 12.0 Å². The van der Waals surface area contributed by atoms with Crippen molar-refractivity contribution in [1.29, 1.82) is 0 Å². The number of hydrogen-bond donors (Lipinski definition) is 4. The molecule has 7 nitrogen and oxygen atoms in total. The second-order valence-electron chi connectivity index (χ2n) is 7.36. The maximum Gasteiger partial charge on any atom is 0.327 e. The molecule has 1 aromatic rings. The van der Waals surface area contributed by atoms with Gasteiger partial charge >= 0.3 is 5.97 Å². The van der Waals surface area contributed by atoms with Crippen LogP contribution >= 0.6 is 0 Å². The molecule has 0 radical (unpaired) electrons. The lowest BCUT2D eigenvalue weighted by Gasteiger charge is -2.45. The number of benzene rings is 1. The number of nitrogens with one attached hydrogen (secondary N) is 1. The number of carboxylic acids is 1. The molecular formula is C19H29N3O4. The van der Waals surface area contributed by atoms with E-state index in [1.807, 2.05) is 12.1 Å². The van der Waals surface area contributed by atoms with Crippen molar-refractivity contribution in [2.75, 3.05) is 26.2 Å². The van der Waals surface area contributed by atoms with Crippen molar-refractivity contribution in [3.05, 3.63) is 29.8 Å². The van der Waals surface area contributed by atoms with Crippen LogP contribution in [-0.2, 0) is 15.0 Å². The Morgan fingerprint density at radius 1 is 1.46 bits per heavy atom. The molecule has 5 N–H and O–H groups in total. The van der Waals surface area contributed by atoms with Gasteiger partial charge in [0.05, 0.1) is 0 Å². The molecule has 26 heavy (non-hydrogen) atoms. The van der Waals surface area contributed by atoms with Gasteiger partial charge in [-0.15, -0.1) is 0 Å². The van der Waals surface area contributed by atoms with Crippen molar-refractivity contribution in [1.82, 2.24) is 10.2 Å². The van der Waals surface area contributed by atoms with Gasteiger partial charge in [0.2, 0.25) is 5.91 Å². The summed E-state index contributed by atoms with van der Waals surface area (Å²) in [6, 6.07) is 6.40. The van der Waals surface area contributed by atoms with Crippen molar-refractivity contribution < 1.29 is 19.8 Å². The number of hydrogen-bond acceptors (Lipinski definition) is 5. The van der Waals surface area contributed by atoms with Crippen molar-refractivity contribution in [2.45, 2.75) is 38.1 Å². The van der Waals surface area contributed by atoms with Gasteiger partial charge in [-0.2, -0.15) is 0 Å². The highest BCUT2D eigenvalue weighted by Gasteiger charge is 2.38. The Morgan fingerprint density at radius 3 is 2.77 bits per heavy atom. The molecule has 7 heteroatoms. The van der Waals surface area contributed by atoms with E-state index >= 15 is 0 Å². The standard InChI is InChI=1S/C19H29N3O4/c1-13-12-22(8-6-17(24)21-16(11-20)18(25)26)9-7-19(13,2)14-4-3-5-15(23)10-14/h3-5,10,13,16,23H,6-9,11-12,20H2,1-2H3,(H,21,24)(H,25,26)/t13-,16-,19+/m0/s1. The molecule has 1 aliphatic heterocycles. The number of nitrogens with two attached hydrogens (primary N) is 1. The number of aliphatic carboxylic acids is 1. The summed E-state index contributed by atoms with van der Waals surface area (Å²) >= 11 is 0. The molecule has 0 unspecified atom stereocenters. The third-order valence-corrected chi connectivity index (χ3v) is 5.60. The van der Waals surface area contributed by atoms with E-state index in [0.29, 0.717) is 12.5 Å². The summed E-state index contributed by atoms with van der Waals surface area (Å²) in [6.45, 7) is 6.56. The van der Waals surface area contributed by atoms with Gasteiger partial charge < -0.3 is 26.2 Å². The fraction of sp³-hybridized carbons (Fsp3) is 0.579. The quantitative estimate of drug-likeness (QED) is 0.572. The normalized spacial score (nSPS) is 24.8. The number of phenolic OH excluding ortho intramolecular Hbond substituents is 1. The molecule has 0 spiro atoms. The molecule has 1 saturated heterocycles. The fourth-order valence-corrected chi connectivity index (χ4v) is 3.56. The summed E-state index contributed by atoms with van der Waals surface area (Å²) in [4.78, 5) is 25.1. The molecule has 144 valence electrons. The van der Waals surface area contributed by atoms with Crippen LogP contribution in [0.25, 0.3) is 0 Å². The number of carbonyl (C=O) groups excluding carboxylic acids is 1. The number of amides is 1. The molecule has 0 aliphatic carbocycles. The maximum absolute atomic E-state index is 11.9. The van der Waals surface area contributed by atoms with E-state index in [1.165, 1.54) is 0 Å². The molecule has 1 aliphatic rings. The first kappa shape index (κ1) is 20.2. The summed E-state index contributed by atoms with van der Waals surface area (Å²) < 4.78 is 0. The summed E-state index contributed by atoms with van der Waals surface area (Å²) in [6.07, 6.45) is 1.18. The molecule has 1 amide bonds. The Morgan fingerprint density at radius 2 is 2.19 bits per heavy atom. The Balaban J connectivity index is 1.88. The minimum Gasteiger partial charge on any atom is -0.508 e. The zero-order chi connectivity index (χ0) is 19.3. The van der Waals surface area contributed by atoms with Gasteiger partial charge in [-0.05, 0) is 42.0 Å². The summed E-state index contributed by atoms with van der Waals surface area (Å²) in [5.74, 6) is -0.772. The lowest BCUT2D eigenvalue weighted by Crippen LogP contribution is -2.49. The van der Waals surface area contributed by atoms with Gasteiger partial charge in [0.15, 0.2) is 0 Å². The largest absolute Gasteiger partial charge is 0.508 e. The smallest absolute Gasteiger partial charge is 0.327 e. The molecule has 1 heterocycles. The van der Waals surface area contributed by atoms with Crippen LogP contribution in [0.5, 0.6) is 5.75 Å². The first-order valence-electron chi connectivity index (χ1n) is 9.00. The van der Waals surface area contributed by atoms with Crippen LogP contribution < -0.4 is 11.1 Å². The first-order valence-corrected chi connectivity index (χ1v) is 9.00. The number of piperidine rings is 1. The number of likely N-dealkylation sites (tertiary alicyclic amines) is 1. The third-order valence-electron chi connectivity index (χ3n) is 5.60. The van der Waals surface area contributed by atoms with E-state index in [2.05, 4.69) is 30.1 Å². The topological polar surface area (TPSA) is 116 Å². The highest BCUT2D eigenvalue weighted by molar-refractivity contribution is 5.83. The first-order chi connectivity index (χ1) is 12.3. The van der Waals surface area contributed by atoms with Crippen LogP contribution in [0.3, 0.4) is 0 Å². The molecular weight excluding hydrogens is 334 g/mol. The van der Waals surface area contributed by atoms with E-state index in [0.717, 1.165) is 25.1 Å². The molecule has 1 fully saturated rings. The fourth-order valence-electron chi connectivity index (χ4n) is 3.56. The number of nitrogens with zero attached hydrogens (tertiary/aromatic N) is 1. The van der Waals surface area contributed by atoms with Crippen LogP contribution in [0.15, 0.2) is 24.3 Å². The lowest BCUT2D eigenvalue weighted by atomic mass is 9.68. The minimum atomic E-state index is -1.12. The molecule has 0 aromatic heterocycles. The minimum absolute atomic E-state index is 0.0224. The van der Waals surface area contributed by atoms with Crippen LogP contribution in [0.4, 0.5) is 0 Å². The zero-order valence-corrected chi connectivity index (χ0v) is 15.4. The lowest BCUT2D eigenvalue weighted by molar-refractivity contribution is -0.141. The van der Waals surface area contributed by atoms with E-state index in [4.69, 9.17) is 10.8 Å². The van der Waals surface area contributed by atoms with E-state index in [1.54, 1.807) is 6.07 Å². The summed E-state index contributed by atoms with van der Waals surface area (Å²) in [7, 11) is 0. The second-order valence-corrected chi connectivity index (χ2v) is 7.36. The van der Waals surface area contributed by atoms with Crippen molar-refractivity contribution in [2.24, 2.45) is 11.7 Å². The monoisotopic (exact) mass is 363 g/mol. The molecule has 0 bridgehead atoms. The SMILES string of the molecule is C[C@H]1CN(CCC(=O)N[C@@H](CN)C(=O)O)CC[C@@]1(C)c1cccc(O)c1. The zero-order valence-electron chi connectivity index (χ0n) is 15.4. The van der Waals surface area contributed by atoms with Crippen LogP contribution in [-0.4, -0.2) is 59.2 Å². The third kappa shape index (κ3) is 4.74. The predicted octanol–water partition coefficient (Wildman–Crippen LogP) is 0.910. The van der Waals surface area contributed by atoms with Gasteiger partial charge in [0.25, 0.3) is 0 Å². The highest BCUT2D eigenvalue weighted by atomic mass is 16.4. The highest BCUT2D eigenvalue weighted by Crippen LogP contribution is 2.40. The van der Waals surface area contributed by atoms with E-state index in [-0.39, 0.29) is 30.0 Å². The van der Waals surface area contributed by atoms with Crippen molar-refractivity contribution >= 4 is 11.9 Å². The van der Waals surface area contributed by atoms with Crippen molar-refractivity contribution in [3.63, 3.8) is 0 Å². The average Bonchev–Trinajstić information content (AvgIpc) is 2.60. The molecule has 1 aromatic carbocycles. The number of carbonyl (C=O) groups is 2. The Hall–Kier alpha value is -2.12. The summed E-state index contributed by atoms with van der Waals surface area (Å²) in [5.41, 5.74) is 6.46. The van der Waals surface area contributed by atoms with Crippen LogP contribution in [0.1, 0.15) is 32.3 Å².